The molecule has 0 radical (unpaired) electrons. The average Bonchev–Trinajstić information content (AvgIpc) is 3.03. The van der Waals surface area contributed by atoms with Gasteiger partial charge in [-0.3, -0.25) is 0 Å². The van der Waals surface area contributed by atoms with E-state index in [2.05, 4.69) is 86.9 Å². The van der Waals surface area contributed by atoms with E-state index in [4.69, 9.17) is 11.6 Å². The topological polar surface area (TPSA) is 4.93 Å². The largest absolute Gasteiger partial charge is 0.309 e. The zero-order valence-corrected chi connectivity index (χ0v) is 17.1. The Morgan fingerprint density at radius 1 is 0.778 bits per heavy atom. The fraction of sp³-hybridized carbons (Fsp3) is 0.280. The Morgan fingerprint density at radius 3 is 2.33 bits per heavy atom. The number of rotatable bonds is 1. The molecule has 0 unspecified atom stereocenters. The first-order chi connectivity index (χ1) is 12.8. The van der Waals surface area contributed by atoms with Crippen molar-refractivity contribution in [1.82, 2.24) is 4.57 Å². The molecule has 3 aromatic carbocycles. The highest BCUT2D eigenvalue weighted by molar-refractivity contribution is 6.32. The molecule has 0 spiro atoms. The lowest BCUT2D eigenvalue weighted by molar-refractivity contribution is 0.403. The molecular weight excluding hydrogens is 350 g/mol. The van der Waals surface area contributed by atoms with Gasteiger partial charge in [0.1, 0.15) is 0 Å². The Labute approximate surface area is 165 Å². The summed E-state index contributed by atoms with van der Waals surface area (Å²) in [5, 5.41) is 3.25. The Balaban J connectivity index is 1.96. The highest BCUT2D eigenvalue weighted by Crippen LogP contribution is 2.52. The van der Waals surface area contributed by atoms with Crippen molar-refractivity contribution in [3.05, 3.63) is 76.8 Å². The van der Waals surface area contributed by atoms with E-state index in [1.165, 1.54) is 38.6 Å². The van der Waals surface area contributed by atoms with Crippen LogP contribution in [0.5, 0.6) is 0 Å². The van der Waals surface area contributed by atoms with Crippen LogP contribution in [0.25, 0.3) is 27.5 Å². The minimum Gasteiger partial charge on any atom is -0.309 e. The van der Waals surface area contributed by atoms with Crippen molar-refractivity contribution in [2.45, 2.75) is 44.9 Å². The summed E-state index contributed by atoms with van der Waals surface area (Å²) in [5.41, 5.74) is 7.04. The van der Waals surface area contributed by atoms with E-state index in [-0.39, 0.29) is 10.8 Å². The maximum Gasteiger partial charge on any atom is 0.0542 e. The summed E-state index contributed by atoms with van der Waals surface area (Å²) in [4.78, 5) is 0. The predicted octanol–water partition coefficient (Wildman–Crippen LogP) is 7.40. The average molecular weight is 374 g/mol. The third kappa shape index (κ3) is 2.31. The van der Waals surface area contributed by atoms with Crippen molar-refractivity contribution in [3.8, 4) is 5.69 Å². The maximum atomic E-state index is 6.34. The van der Waals surface area contributed by atoms with Crippen molar-refractivity contribution in [2.75, 3.05) is 0 Å². The van der Waals surface area contributed by atoms with Crippen LogP contribution in [0.1, 0.15) is 45.2 Å². The SMILES string of the molecule is CC1(C)CC(C)(C)c2c(-n3c4ccccc4c4cc(Cl)ccc43)cccc21. The van der Waals surface area contributed by atoms with E-state index >= 15 is 0 Å². The van der Waals surface area contributed by atoms with E-state index in [1.54, 1.807) is 0 Å². The van der Waals surface area contributed by atoms with Crippen molar-refractivity contribution >= 4 is 33.4 Å². The maximum absolute atomic E-state index is 6.34. The molecule has 0 fully saturated rings. The number of aromatic nitrogens is 1. The molecule has 0 saturated carbocycles. The first-order valence-electron chi connectivity index (χ1n) is 9.63. The first-order valence-corrected chi connectivity index (χ1v) is 10.0. The number of nitrogens with zero attached hydrogens (tertiary/aromatic N) is 1. The fourth-order valence-electron chi connectivity index (χ4n) is 5.49. The Kier molecular flexibility index (Phi) is 3.37. The van der Waals surface area contributed by atoms with Crippen LogP contribution < -0.4 is 0 Å². The predicted molar refractivity (Wildman–Crippen MR) is 116 cm³/mol. The van der Waals surface area contributed by atoms with E-state index in [1.807, 2.05) is 6.07 Å². The Hall–Kier alpha value is -2.25. The quantitative estimate of drug-likeness (QED) is 0.327. The summed E-state index contributed by atoms with van der Waals surface area (Å²) < 4.78 is 2.43. The van der Waals surface area contributed by atoms with Gasteiger partial charge in [0.05, 0.1) is 16.7 Å². The fourth-order valence-corrected chi connectivity index (χ4v) is 5.67. The van der Waals surface area contributed by atoms with Crippen LogP contribution in [0.4, 0.5) is 0 Å². The molecule has 2 heteroatoms. The lowest BCUT2D eigenvalue weighted by atomic mass is 9.81. The van der Waals surface area contributed by atoms with E-state index in [0.29, 0.717) is 0 Å². The van der Waals surface area contributed by atoms with Crippen molar-refractivity contribution in [1.29, 1.82) is 0 Å². The van der Waals surface area contributed by atoms with Crippen molar-refractivity contribution in [2.24, 2.45) is 0 Å². The van der Waals surface area contributed by atoms with Crippen molar-refractivity contribution in [3.63, 3.8) is 0 Å². The smallest absolute Gasteiger partial charge is 0.0542 e. The molecule has 136 valence electrons. The number of fused-ring (bicyclic) bond motifs is 4. The summed E-state index contributed by atoms with van der Waals surface area (Å²) in [7, 11) is 0. The van der Waals surface area contributed by atoms with Gasteiger partial charge in [-0.25, -0.2) is 0 Å². The normalized spacial score (nSPS) is 17.5. The van der Waals surface area contributed by atoms with Crippen LogP contribution in [0, 0.1) is 0 Å². The monoisotopic (exact) mass is 373 g/mol. The Bertz CT molecular complexity index is 1210. The lowest BCUT2D eigenvalue weighted by Crippen LogP contribution is -2.18. The third-order valence-electron chi connectivity index (χ3n) is 6.21. The lowest BCUT2D eigenvalue weighted by Gasteiger charge is -2.24. The van der Waals surface area contributed by atoms with Crippen LogP contribution in [0.3, 0.4) is 0 Å². The molecule has 1 aliphatic carbocycles. The number of hydrogen-bond donors (Lipinski definition) is 0. The van der Waals surface area contributed by atoms with Crippen LogP contribution in [-0.2, 0) is 10.8 Å². The van der Waals surface area contributed by atoms with Gasteiger partial charge in [-0.15, -0.1) is 0 Å². The second-order valence-electron chi connectivity index (χ2n) is 9.16. The van der Waals surface area contributed by atoms with Crippen LogP contribution in [-0.4, -0.2) is 4.57 Å². The van der Waals surface area contributed by atoms with Gasteiger partial charge in [0, 0.05) is 15.8 Å². The molecule has 0 saturated heterocycles. The van der Waals surface area contributed by atoms with E-state index < -0.39 is 0 Å². The summed E-state index contributed by atoms with van der Waals surface area (Å²) in [6, 6.07) is 21.7. The molecule has 0 atom stereocenters. The summed E-state index contributed by atoms with van der Waals surface area (Å²) >= 11 is 6.34. The second-order valence-corrected chi connectivity index (χ2v) is 9.59. The zero-order valence-electron chi connectivity index (χ0n) is 16.3. The summed E-state index contributed by atoms with van der Waals surface area (Å²) in [6.07, 6.45) is 1.16. The standard InChI is InChI=1S/C25H24ClN/c1-24(2)15-25(3,4)23-19(24)9-7-11-22(23)27-20-10-6-5-8-17(20)18-14-16(26)12-13-21(18)27/h5-14H,15H2,1-4H3. The highest BCUT2D eigenvalue weighted by Gasteiger charge is 2.43. The molecule has 0 amide bonds. The summed E-state index contributed by atoms with van der Waals surface area (Å²) in [5.74, 6) is 0. The van der Waals surface area contributed by atoms with Gasteiger partial charge in [0.15, 0.2) is 0 Å². The minimum atomic E-state index is 0.138. The molecule has 4 aromatic rings. The third-order valence-corrected chi connectivity index (χ3v) is 6.44. The number of hydrogen-bond acceptors (Lipinski definition) is 0. The summed E-state index contributed by atoms with van der Waals surface area (Å²) in [6.45, 7) is 9.51. The molecule has 1 nitrogen and oxygen atoms in total. The Morgan fingerprint density at radius 2 is 1.52 bits per heavy atom. The molecule has 1 aromatic heterocycles. The van der Waals surface area contributed by atoms with Crippen LogP contribution in [0.2, 0.25) is 5.02 Å². The van der Waals surface area contributed by atoms with E-state index in [0.717, 1.165) is 11.4 Å². The van der Waals surface area contributed by atoms with Crippen molar-refractivity contribution < 1.29 is 0 Å². The molecule has 0 N–H and O–H groups in total. The van der Waals surface area contributed by atoms with Gasteiger partial charge >= 0.3 is 0 Å². The molecular formula is C25H24ClN. The van der Waals surface area contributed by atoms with Gasteiger partial charge in [-0.1, -0.05) is 69.6 Å². The number of benzene rings is 3. The van der Waals surface area contributed by atoms with Gasteiger partial charge in [0.2, 0.25) is 0 Å². The van der Waals surface area contributed by atoms with Gasteiger partial charge < -0.3 is 4.57 Å². The van der Waals surface area contributed by atoms with Gasteiger partial charge in [-0.2, -0.15) is 0 Å². The highest BCUT2D eigenvalue weighted by atomic mass is 35.5. The van der Waals surface area contributed by atoms with Crippen LogP contribution in [0.15, 0.2) is 60.7 Å². The molecule has 0 bridgehead atoms. The molecule has 27 heavy (non-hydrogen) atoms. The minimum absolute atomic E-state index is 0.138. The zero-order chi connectivity index (χ0) is 19.0. The van der Waals surface area contributed by atoms with Gasteiger partial charge in [0.25, 0.3) is 0 Å². The molecule has 5 rings (SSSR count). The van der Waals surface area contributed by atoms with Crippen LogP contribution >= 0.6 is 11.6 Å². The van der Waals surface area contributed by atoms with E-state index in [9.17, 15) is 0 Å². The first kappa shape index (κ1) is 16.9. The second kappa shape index (κ2) is 5.39. The number of halogens is 1. The molecule has 1 aliphatic rings. The molecule has 0 aliphatic heterocycles. The molecule has 1 heterocycles. The number of para-hydroxylation sites is 1. The van der Waals surface area contributed by atoms with Gasteiger partial charge in [-0.05, 0) is 58.7 Å².